The summed E-state index contributed by atoms with van der Waals surface area (Å²) in [4.78, 5) is 17.5. The molecule has 1 heterocycles. The van der Waals surface area contributed by atoms with Crippen molar-refractivity contribution in [3.05, 3.63) is 94.3 Å². The quantitative estimate of drug-likeness (QED) is 0.220. The molecule has 0 spiro atoms. The fourth-order valence-electron chi connectivity index (χ4n) is 3.00. The van der Waals surface area contributed by atoms with Gasteiger partial charge >= 0.3 is 0 Å². The summed E-state index contributed by atoms with van der Waals surface area (Å²) in [6.45, 7) is 2.29. The second-order valence-corrected chi connectivity index (χ2v) is 11.0. The molecular weight excluding hydrogens is 658 g/mol. The maximum atomic E-state index is 12.5. The van der Waals surface area contributed by atoms with E-state index in [2.05, 4.69) is 48.8 Å². The van der Waals surface area contributed by atoms with Crippen LogP contribution in [-0.4, -0.2) is 11.1 Å². The van der Waals surface area contributed by atoms with Gasteiger partial charge in [0.2, 0.25) is 0 Å². The van der Waals surface area contributed by atoms with Crippen LogP contribution in [0.15, 0.2) is 69.0 Å². The zero-order valence-electron chi connectivity index (χ0n) is 17.2. The third-order valence-electron chi connectivity index (χ3n) is 4.73. The van der Waals surface area contributed by atoms with Gasteiger partial charge in [0, 0.05) is 8.59 Å². The SMILES string of the molecule is Cc1c(Cl)cccc1N=C1NC(=O)/C(=C\c2cc(Cl)c(OCc3ccc(I)cc3)c(Br)c2)S1. The van der Waals surface area contributed by atoms with Crippen molar-refractivity contribution in [3.8, 4) is 5.75 Å². The molecule has 0 bridgehead atoms. The van der Waals surface area contributed by atoms with E-state index in [0.717, 1.165) is 20.3 Å². The predicted octanol–water partition coefficient (Wildman–Crippen LogP) is 8.14. The molecule has 0 saturated carbocycles. The van der Waals surface area contributed by atoms with E-state index < -0.39 is 0 Å². The Morgan fingerprint density at radius 1 is 1.15 bits per heavy atom. The van der Waals surface area contributed by atoms with Gasteiger partial charge in [0.25, 0.3) is 5.91 Å². The van der Waals surface area contributed by atoms with Crippen LogP contribution >= 0.6 is 73.5 Å². The first kappa shape index (κ1) is 24.6. The molecular formula is C24H16BrCl2IN2O2S. The molecule has 4 nitrogen and oxygen atoms in total. The molecule has 33 heavy (non-hydrogen) atoms. The summed E-state index contributed by atoms with van der Waals surface area (Å²) in [5, 5.41) is 4.38. The first-order valence-electron chi connectivity index (χ1n) is 9.71. The van der Waals surface area contributed by atoms with Crippen molar-refractivity contribution in [3.63, 3.8) is 0 Å². The van der Waals surface area contributed by atoms with Crippen LogP contribution < -0.4 is 10.1 Å². The number of benzene rings is 3. The number of aliphatic imine (C=N–C) groups is 1. The van der Waals surface area contributed by atoms with E-state index in [1.54, 1.807) is 12.1 Å². The van der Waals surface area contributed by atoms with Crippen molar-refractivity contribution in [2.75, 3.05) is 0 Å². The molecule has 4 rings (SSSR count). The monoisotopic (exact) mass is 672 g/mol. The second-order valence-electron chi connectivity index (χ2n) is 7.09. The minimum absolute atomic E-state index is 0.218. The van der Waals surface area contributed by atoms with Crippen LogP contribution in [0.25, 0.3) is 6.08 Å². The lowest BCUT2D eigenvalue weighted by Crippen LogP contribution is -2.19. The normalized spacial score (nSPS) is 15.8. The summed E-state index contributed by atoms with van der Waals surface area (Å²) in [5.74, 6) is 0.337. The van der Waals surface area contributed by atoms with E-state index >= 15 is 0 Å². The lowest BCUT2D eigenvalue weighted by Gasteiger charge is -2.11. The van der Waals surface area contributed by atoms with Crippen LogP contribution in [0.4, 0.5) is 5.69 Å². The first-order valence-corrected chi connectivity index (χ1v) is 13.2. The Kier molecular flexibility index (Phi) is 8.07. The number of rotatable bonds is 5. The molecule has 1 N–H and O–H groups in total. The van der Waals surface area contributed by atoms with Crippen molar-refractivity contribution in [2.24, 2.45) is 4.99 Å². The standard InChI is InChI=1S/C24H16BrCl2IN2O2S/c1-13-18(26)3-2-4-20(13)29-24-30-23(31)21(33-24)11-15-9-17(25)22(19(27)10-15)32-12-14-5-7-16(28)8-6-14/h2-11H,12H2,1H3,(H,29,30,31)/b21-11+. The Hall–Kier alpha value is -1.52. The number of amides is 1. The number of carbonyl (C=O) groups is 1. The molecule has 1 aliphatic rings. The molecule has 0 aromatic heterocycles. The smallest absolute Gasteiger partial charge is 0.264 e. The first-order chi connectivity index (χ1) is 15.8. The van der Waals surface area contributed by atoms with Gasteiger partial charge in [-0.25, -0.2) is 4.99 Å². The number of halogens is 4. The highest BCUT2D eigenvalue weighted by Crippen LogP contribution is 2.37. The van der Waals surface area contributed by atoms with E-state index in [1.165, 1.54) is 11.8 Å². The molecule has 3 aromatic rings. The zero-order chi connectivity index (χ0) is 23.5. The van der Waals surface area contributed by atoms with Gasteiger partial charge < -0.3 is 10.1 Å². The Labute approximate surface area is 228 Å². The highest BCUT2D eigenvalue weighted by molar-refractivity contribution is 14.1. The van der Waals surface area contributed by atoms with Gasteiger partial charge in [-0.05, 0) is 116 Å². The van der Waals surface area contributed by atoms with E-state index in [4.69, 9.17) is 27.9 Å². The van der Waals surface area contributed by atoms with E-state index in [1.807, 2.05) is 55.5 Å². The molecule has 9 heteroatoms. The molecule has 1 aliphatic heterocycles. The van der Waals surface area contributed by atoms with Gasteiger partial charge in [-0.1, -0.05) is 41.4 Å². The van der Waals surface area contributed by atoms with Gasteiger partial charge in [0.05, 0.1) is 20.1 Å². The molecule has 1 saturated heterocycles. The largest absolute Gasteiger partial charge is 0.486 e. The van der Waals surface area contributed by atoms with Crippen LogP contribution in [0.2, 0.25) is 10.0 Å². The number of amidine groups is 1. The number of ether oxygens (including phenoxy) is 1. The summed E-state index contributed by atoms with van der Waals surface area (Å²) < 4.78 is 7.80. The van der Waals surface area contributed by atoms with Gasteiger partial charge in [-0.15, -0.1) is 0 Å². The third kappa shape index (κ3) is 6.14. The molecule has 3 aromatic carbocycles. The van der Waals surface area contributed by atoms with Gasteiger partial charge in [0.1, 0.15) is 6.61 Å². The zero-order valence-corrected chi connectivity index (χ0v) is 23.2. The summed E-state index contributed by atoms with van der Waals surface area (Å²) in [7, 11) is 0. The topological polar surface area (TPSA) is 50.7 Å². The maximum Gasteiger partial charge on any atom is 0.264 e. The third-order valence-corrected chi connectivity index (χ3v) is 7.64. The Bertz CT molecular complexity index is 1270. The van der Waals surface area contributed by atoms with Crippen LogP contribution in [0.1, 0.15) is 16.7 Å². The van der Waals surface area contributed by atoms with Crippen molar-refractivity contribution in [2.45, 2.75) is 13.5 Å². The predicted molar refractivity (Wildman–Crippen MR) is 150 cm³/mol. The van der Waals surface area contributed by atoms with Crippen LogP contribution in [0, 0.1) is 10.5 Å². The molecule has 0 aliphatic carbocycles. The number of nitrogens with one attached hydrogen (secondary N) is 1. The average molecular weight is 674 g/mol. The van der Waals surface area contributed by atoms with Gasteiger partial charge in [0.15, 0.2) is 10.9 Å². The van der Waals surface area contributed by atoms with E-state index in [-0.39, 0.29) is 5.91 Å². The summed E-state index contributed by atoms with van der Waals surface area (Å²) in [5.41, 5.74) is 3.39. The average Bonchev–Trinajstić information content (AvgIpc) is 3.10. The molecule has 1 fully saturated rings. The highest BCUT2D eigenvalue weighted by Gasteiger charge is 2.24. The van der Waals surface area contributed by atoms with Crippen LogP contribution in [0.5, 0.6) is 5.75 Å². The number of nitrogens with zero attached hydrogens (tertiary/aromatic N) is 1. The van der Waals surface area contributed by atoms with Crippen LogP contribution in [0.3, 0.4) is 0 Å². The lowest BCUT2D eigenvalue weighted by atomic mass is 10.2. The number of carbonyl (C=O) groups excluding carboxylic acids is 1. The molecule has 0 atom stereocenters. The Morgan fingerprint density at radius 3 is 2.64 bits per heavy atom. The van der Waals surface area contributed by atoms with Crippen molar-refractivity contribution in [1.82, 2.24) is 5.32 Å². The molecule has 0 radical (unpaired) electrons. The van der Waals surface area contributed by atoms with Crippen LogP contribution in [-0.2, 0) is 11.4 Å². The number of hydrogen-bond acceptors (Lipinski definition) is 4. The number of thioether (sulfide) groups is 1. The fraction of sp³-hybridized carbons (Fsp3) is 0.0833. The Balaban J connectivity index is 1.51. The van der Waals surface area contributed by atoms with Gasteiger partial charge in [-0.3, -0.25) is 4.79 Å². The van der Waals surface area contributed by atoms with Gasteiger partial charge in [-0.2, -0.15) is 0 Å². The van der Waals surface area contributed by atoms with E-state index in [0.29, 0.717) is 42.6 Å². The van der Waals surface area contributed by atoms with Crippen molar-refractivity contribution in [1.29, 1.82) is 0 Å². The Morgan fingerprint density at radius 2 is 1.91 bits per heavy atom. The van der Waals surface area contributed by atoms with E-state index in [9.17, 15) is 4.79 Å². The lowest BCUT2D eigenvalue weighted by molar-refractivity contribution is -0.115. The summed E-state index contributed by atoms with van der Waals surface area (Å²) in [6, 6.07) is 17.2. The molecule has 1 amide bonds. The van der Waals surface area contributed by atoms with Crippen molar-refractivity contribution >= 4 is 96.3 Å². The van der Waals surface area contributed by atoms with Crippen molar-refractivity contribution < 1.29 is 9.53 Å². The molecule has 168 valence electrons. The minimum atomic E-state index is -0.218. The number of hydrogen-bond donors (Lipinski definition) is 1. The highest BCUT2D eigenvalue weighted by atomic mass is 127. The fourth-order valence-corrected chi connectivity index (χ4v) is 5.35. The minimum Gasteiger partial charge on any atom is -0.486 e. The second kappa shape index (κ2) is 10.8. The maximum absolute atomic E-state index is 12.5. The molecule has 0 unspecified atom stereocenters. The summed E-state index contributed by atoms with van der Waals surface area (Å²) >= 11 is 19.7. The summed E-state index contributed by atoms with van der Waals surface area (Å²) in [6.07, 6.45) is 1.77.